The molecule has 1 aromatic carbocycles. The average Bonchev–Trinajstić information content (AvgIpc) is 3.01. The van der Waals surface area contributed by atoms with Crippen LogP contribution in [-0.4, -0.2) is 31.5 Å². The van der Waals surface area contributed by atoms with Crippen molar-refractivity contribution < 1.29 is 9.72 Å². The Morgan fingerprint density at radius 2 is 2.33 bits per heavy atom. The van der Waals surface area contributed by atoms with Gasteiger partial charge in [-0.25, -0.2) is 0 Å². The number of nitro groups is 1. The summed E-state index contributed by atoms with van der Waals surface area (Å²) in [4.78, 5) is 22.4. The van der Waals surface area contributed by atoms with Crippen molar-refractivity contribution in [3.63, 3.8) is 0 Å². The maximum Gasteiger partial charge on any atom is 0.270 e. The highest BCUT2D eigenvalue weighted by Crippen LogP contribution is 2.17. The van der Waals surface area contributed by atoms with Gasteiger partial charge in [0.2, 0.25) is 0 Å². The Labute approximate surface area is 119 Å². The van der Waals surface area contributed by atoms with E-state index in [9.17, 15) is 14.9 Å². The summed E-state index contributed by atoms with van der Waals surface area (Å²) < 4.78 is 0. The van der Waals surface area contributed by atoms with Crippen LogP contribution in [0.25, 0.3) is 0 Å². The van der Waals surface area contributed by atoms with Crippen molar-refractivity contribution in [3.05, 3.63) is 45.8 Å². The molecule has 9 nitrogen and oxygen atoms in total. The maximum absolute atomic E-state index is 12.2. The first-order chi connectivity index (χ1) is 10.1. The van der Waals surface area contributed by atoms with E-state index in [1.54, 1.807) is 0 Å². The Morgan fingerprint density at radius 1 is 1.52 bits per heavy atom. The Morgan fingerprint density at radius 3 is 2.95 bits per heavy atom. The first-order valence-electron chi connectivity index (χ1n) is 6.40. The van der Waals surface area contributed by atoms with Crippen LogP contribution in [-0.2, 0) is 0 Å². The summed E-state index contributed by atoms with van der Waals surface area (Å²) in [6, 6.07) is 5.16. The minimum atomic E-state index is -0.542. The van der Waals surface area contributed by atoms with Gasteiger partial charge in [0.05, 0.1) is 11.0 Å². The van der Waals surface area contributed by atoms with Crippen molar-refractivity contribution in [2.45, 2.75) is 25.8 Å². The molecule has 0 saturated carbocycles. The molecule has 1 amide bonds. The zero-order valence-electron chi connectivity index (χ0n) is 11.3. The van der Waals surface area contributed by atoms with Gasteiger partial charge in [-0.05, 0) is 12.5 Å². The highest BCUT2D eigenvalue weighted by molar-refractivity contribution is 5.95. The van der Waals surface area contributed by atoms with Gasteiger partial charge in [0, 0.05) is 17.7 Å². The summed E-state index contributed by atoms with van der Waals surface area (Å²) in [7, 11) is 0. The molecule has 0 aliphatic rings. The average molecular weight is 290 g/mol. The predicted molar refractivity (Wildman–Crippen MR) is 72.4 cm³/mol. The molecular formula is C12H14N6O3. The lowest BCUT2D eigenvalue weighted by atomic mass is 10.1. The van der Waals surface area contributed by atoms with Gasteiger partial charge in [-0.3, -0.25) is 14.9 Å². The Balaban J connectivity index is 2.15. The number of nitrogens with one attached hydrogen (secondary N) is 2. The second-order valence-electron chi connectivity index (χ2n) is 4.39. The second kappa shape index (κ2) is 6.55. The molecule has 0 aliphatic heterocycles. The van der Waals surface area contributed by atoms with Crippen LogP contribution in [0.2, 0.25) is 0 Å². The zero-order valence-corrected chi connectivity index (χ0v) is 11.3. The molecule has 0 saturated heterocycles. The molecular weight excluding hydrogens is 276 g/mol. The number of H-pyrrole nitrogens is 1. The van der Waals surface area contributed by atoms with E-state index >= 15 is 0 Å². The number of nitrogens with zero attached hydrogens (tertiary/aromatic N) is 4. The van der Waals surface area contributed by atoms with Crippen molar-refractivity contribution in [1.82, 2.24) is 25.9 Å². The minimum Gasteiger partial charge on any atom is -0.342 e. The number of carbonyl (C=O) groups is 1. The number of tetrazole rings is 1. The van der Waals surface area contributed by atoms with Crippen molar-refractivity contribution in [3.8, 4) is 0 Å². The molecule has 21 heavy (non-hydrogen) atoms. The lowest BCUT2D eigenvalue weighted by Gasteiger charge is -2.14. The third-order valence-corrected chi connectivity index (χ3v) is 2.88. The number of non-ortho nitro benzene ring substituents is 1. The van der Waals surface area contributed by atoms with Gasteiger partial charge in [-0.15, -0.1) is 10.2 Å². The summed E-state index contributed by atoms with van der Waals surface area (Å²) in [6.07, 6.45) is 1.45. The molecule has 0 unspecified atom stereocenters. The summed E-state index contributed by atoms with van der Waals surface area (Å²) in [5.41, 5.74) is 0.0862. The van der Waals surface area contributed by atoms with Gasteiger partial charge >= 0.3 is 0 Å². The first-order valence-corrected chi connectivity index (χ1v) is 6.40. The summed E-state index contributed by atoms with van der Waals surface area (Å²) in [5, 5.41) is 27.0. The fraction of sp³-hybridized carbons (Fsp3) is 0.333. The number of amides is 1. The molecule has 0 radical (unpaired) electrons. The number of aromatic amines is 1. The van der Waals surface area contributed by atoms with Crippen molar-refractivity contribution in [2.75, 3.05) is 0 Å². The molecule has 0 spiro atoms. The van der Waals surface area contributed by atoms with Crippen molar-refractivity contribution in [2.24, 2.45) is 0 Å². The zero-order chi connectivity index (χ0) is 15.2. The van der Waals surface area contributed by atoms with Crippen LogP contribution >= 0.6 is 0 Å². The topological polar surface area (TPSA) is 127 Å². The maximum atomic E-state index is 12.2. The number of benzene rings is 1. The van der Waals surface area contributed by atoms with Gasteiger partial charge in [0.15, 0.2) is 5.82 Å². The van der Waals surface area contributed by atoms with Gasteiger partial charge in [0.25, 0.3) is 11.6 Å². The molecule has 2 aromatic rings. The predicted octanol–water partition coefficient (Wildman–Crippen LogP) is 1.38. The second-order valence-corrected chi connectivity index (χ2v) is 4.39. The molecule has 0 bridgehead atoms. The van der Waals surface area contributed by atoms with Crippen LogP contribution in [0.3, 0.4) is 0 Å². The largest absolute Gasteiger partial charge is 0.342 e. The number of hydrogen-bond donors (Lipinski definition) is 2. The molecule has 0 aliphatic carbocycles. The van der Waals surface area contributed by atoms with E-state index in [4.69, 9.17) is 0 Å². The Bertz CT molecular complexity index is 628. The van der Waals surface area contributed by atoms with Gasteiger partial charge < -0.3 is 5.32 Å². The molecule has 1 heterocycles. The van der Waals surface area contributed by atoms with Crippen LogP contribution in [0.4, 0.5) is 5.69 Å². The molecule has 0 fully saturated rings. The van der Waals surface area contributed by atoms with Crippen molar-refractivity contribution >= 4 is 11.6 Å². The SMILES string of the molecule is CCC[C@@H](NC(=O)c1cccc([N+](=O)[O-])c1)c1nn[nH]n1. The third-order valence-electron chi connectivity index (χ3n) is 2.88. The van der Waals surface area contributed by atoms with E-state index in [-0.39, 0.29) is 17.3 Å². The minimum absolute atomic E-state index is 0.130. The lowest BCUT2D eigenvalue weighted by molar-refractivity contribution is -0.384. The fourth-order valence-electron chi connectivity index (χ4n) is 1.87. The van der Waals surface area contributed by atoms with E-state index in [0.29, 0.717) is 12.2 Å². The number of carbonyl (C=O) groups excluding carboxylic acids is 1. The van der Waals surface area contributed by atoms with Crippen molar-refractivity contribution in [1.29, 1.82) is 0 Å². The fourth-order valence-corrected chi connectivity index (χ4v) is 1.87. The normalized spacial score (nSPS) is 11.9. The summed E-state index contributed by atoms with van der Waals surface area (Å²) in [5.74, 6) is -0.0300. The third kappa shape index (κ3) is 3.59. The Kier molecular flexibility index (Phi) is 4.54. The molecule has 2 N–H and O–H groups in total. The molecule has 1 atom stereocenters. The van der Waals surface area contributed by atoms with Gasteiger partial charge in [-0.1, -0.05) is 24.6 Å². The van der Waals surface area contributed by atoms with Crippen LogP contribution in [0.5, 0.6) is 0 Å². The molecule has 110 valence electrons. The molecule has 9 heteroatoms. The number of rotatable bonds is 6. The van der Waals surface area contributed by atoms with Gasteiger partial charge in [-0.2, -0.15) is 5.21 Å². The number of nitro benzene ring substituents is 1. The number of aromatic nitrogens is 4. The molecule has 1 aromatic heterocycles. The lowest BCUT2D eigenvalue weighted by Crippen LogP contribution is -2.29. The van der Waals surface area contributed by atoms with Crippen LogP contribution in [0.15, 0.2) is 24.3 Å². The van der Waals surface area contributed by atoms with E-state index in [1.807, 2.05) is 6.92 Å². The summed E-state index contributed by atoms with van der Waals surface area (Å²) in [6.45, 7) is 1.96. The number of hydrogen-bond acceptors (Lipinski definition) is 6. The van der Waals surface area contributed by atoms with E-state index < -0.39 is 10.8 Å². The first kappa shape index (κ1) is 14.6. The van der Waals surface area contributed by atoms with E-state index in [0.717, 1.165) is 6.42 Å². The van der Waals surface area contributed by atoms with Gasteiger partial charge in [0.1, 0.15) is 0 Å². The molecule has 2 rings (SSSR count). The smallest absolute Gasteiger partial charge is 0.270 e. The Hall–Kier alpha value is -2.84. The summed E-state index contributed by atoms with van der Waals surface area (Å²) >= 11 is 0. The van der Waals surface area contributed by atoms with Crippen LogP contribution < -0.4 is 5.32 Å². The monoisotopic (exact) mass is 290 g/mol. The van der Waals surface area contributed by atoms with E-state index in [2.05, 4.69) is 25.9 Å². The van der Waals surface area contributed by atoms with Crippen LogP contribution in [0, 0.1) is 10.1 Å². The van der Waals surface area contributed by atoms with E-state index in [1.165, 1.54) is 24.3 Å². The standard InChI is InChI=1S/C12H14N6O3/c1-2-4-10(11-14-16-17-15-11)13-12(19)8-5-3-6-9(7-8)18(20)21/h3,5-7,10H,2,4H2,1H3,(H,13,19)(H,14,15,16,17)/t10-/m1/s1. The highest BCUT2D eigenvalue weighted by atomic mass is 16.6. The quantitative estimate of drug-likeness (QED) is 0.611. The highest BCUT2D eigenvalue weighted by Gasteiger charge is 2.19. The van der Waals surface area contributed by atoms with Crippen LogP contribution in [0.1, 0.15) is 42.0 Å².